The minimum atomic E-state index is -0.332. The Morgan fingerprint density at radius 1 is 1.53 bits per heavy atom. The van der Waals surface area contributed by atoms with Crippen LogP contribution < -0.4 is 5.73 Å². The van der Waals surface area contributed by atoms with Gasteiger partial charge in [0, 0.05) is 25.0 Å². The summed E-state index contributed by atoms with van der Waals surface area (Å²) in [5.74, 6) is 0.899. The number of hydrogen-bond acceptors (Lipinski definition) is 3. The molecule has 17 heavy (non-hydrogen) atoms. The zero-order valence-corrected chi connectivity index (χ0v) is 11.6. The second-order valence-electron chi connectivity index (χ2n) is 5.81. The molecule has 1 rings (SSSR count). The number of methoxy groups -OCH3 is 1. The summed E-state index contributed by atoms with van der Waals surface area (Å²) in [7, 11) is 1.69. The summed E-state index contributed by atoms with van der Waals surface area (Å²) in [6.07, 6.45) is 5.51. The number of ether oxygens (including phenoxy) is 1. The molecule has 0 bridgehead atoms. The van der Waals surface area contributed by atoms with Gasteiger partial charge >= 0.3 is 0 Å². The van der Waals surface area contributed by atoms with Crippen LogP contribution in [0.5, 0.6) is 0 Å². The van der Waals surface area contributed by atoms with Crippen LogP contribution in [0.25, 0.3) is 0 Å². The summed E-state index contributed by atoms with van der Waals surface area (Å²) >= 11 is 0. The Kier molecular flexibility index (Phi) is 5.90. The van der Waals surface area contributed by atoms with Crippen molar-refractivity contribution in [1.29, 1.82) is 0 Å². The first-order valence-corrected chi connectivity index (χ1v) is 6.96. The molecule has 0 heterocycles. The summed E-state index contributed by atoms with van der Waals surface area (Å²) < 4.78 is 5.16. The molecular formula is C14H29NO2. The van der Waals surface area contributed by atoms with Crippen molar-refractivity contribution >= 4 is 0 Å². The van der Waals surface area contributed by atoms with Crippen molar-refractivity contribution in [2.75, 3.05) is 20.3 Å². The van der Waals surface area contributed by atoms with Crippen LogP contribution >= 0.6 is 0 Å². The lowest BCUT2D eigenvalue weighted by atomic mass is 9.63. The van der Waals surface area contributed by atoms with Gasteiger partial charge in [0.05, 0.1) is 12.7 Å². The van der Waals surface area contributed by atoms with E-state index in [1.54, 1.807) is 7.11 Å². The van der Waals surface area contributed by atoms with Crippen LogP contribution in [0.2, 0.25) is 0 Å². The van der Waals surface area contributed by atoms with E-state index in [0.29, 0.717) is 13.2 Å². The Morgan fingerprint density at radius 2 is 2.24 bits per heavy atom. The molecule has 1 saturated carbocycles. The first-order valence-electron chi connectivity index (χ1n) is 6.96. The Morgan fingerprint density at radius 3 is 2.76 bits per heavy atom. The van der Waals surface area contributed by atoms with Gasteiger partial charge in [-0.15, -0.1) is 0 Å². The molecule has 102 valence electrons. The zero-order valence-electron chi connectivity index (χ0n) is 11.6. The fourth-order valence-corrected chi connectivity index (χ4v) is 3.40. The molecule has 0 aromatic carbocycles. The first kappa shape index (κ1) is 14.9. The number of hydrogen-bond donors (Lipinski definition) is 2. The van der Waals surface area contributed by atoms with Gasteiger partial charge in [-0.1, -0.05) is 33.1 Å². The molecule has 0 saturated heterocycles. The molecule has 4 unspecified atom stereocenters. The SMILES string of the molecule is CCC1CCCC(CN)(C(O)C(C)COC)C1. The molecule has 0 amide bonds. The van der Waals surface area contributed by atoms with E-state index in [-0.39, 0.29) is 17.4 Å². The van der Waals surface area contributed by atoms with Crippen LogP contribution in [0, 0.1) is 17.3 Å². The van der Waals surface area contributed by atoms with Gasteiger partial charge in [-0.3, -0.25) is 0 Å². The highest BCUT2D eigenvalue weighted by Crippen LogP contribution is 2.44. The van der Waals surface area contributed by atoms with E-state index in [1.807, 2.05) is 0 Å². The van der Waals surface area contributed by atoms with Crippen molar-refractivity contribution in [2.24, 2.45) is 23.0 Å². The Balaban J connectivity index is 2.72. The Labute approximate surface area is 106 Å². The van der Waals surface area contributed by atoms with E-state index >= 15 is 0 Å². The van der Waals surface area contributed by atoms with E-state index in [2.05, 4.69) is 13.8 Å². The number of aliphatic hydroxyl groups excluding tert-OH is 1. The van der Waals surface area contributed by atoms with Crippen molar-refractivity contribution < 1.29 is 9.84 Å². The van der Waals surface area contributed by atoms with Crippen LogP contribution in [0.15, 0.2) is 0 Å². The lowest BCUT2D eigenvalue weighted by Gasteiger charge is -2.45. The summed E-state index contributed by atoms with van der Waals surface area (Å²) in [6.45, 7) is 5.50. The highest BCUT2D eigenvalue weighted by Gasteiger charge is 2.42. The molecule has 0 aliphatic heterocycles. The normalized spacial score (nSPS) is 33.4. The van der Waals surface area contributed by atoms with E-state index in [0.717, 1.165) is 18.8 Å². The van der Waals surface area contributed by atoms with Crippen LogP contribution in [0.4, 0.5) is 0 Å². The smallest absolute Gasteiger partial charge is 0.0656 e. The van der Waals surface area contributed by atoms with Crippen LogP contribution in [0.3, 0.4) is 0 Å². The molecule has 1 fully saturated rings. The summed E-state index contributed by atoms with van der Waals surface area (Å²) in [4.78, 5) is 0. The largest absolute Gasteiger partial charge is 0.392 e. The van der Waals surface area contributed by atoms with Crippen molar-refractivity contribution in [1.82, 2.24) is 0 Å². The fraction of sp³-hybridized carbons (Fsp3) is 1.00. The van der Waals surface area contributed by atoms with Gasteiger partial charge in [0.15, 0.2) is 0 Å². The third kappa shape index (κ3) is 3.43. The third-order valence-electron chi connectivity index (χ3n) is 4.56. The second-order valence-corrected chi connectivity index (χ2v) is 5.81. The molecule has 0 radical (unpaired) electrons. The summed E-state index contributed by atoms with van der Waals surface area (Å²) in [5, 5.41) is 10.6. The molecule has 0 spiro atoms. The van der Waals surface area contributed by atoms with E-state index in [1.165, 1.54) is 19.3 Å². The molecular weight excluding hydrogens is 214 g/mol. The van der Waals surface area contributed by atoms with Crippen molar-refractivity contribution in [3.63, 3.8) is 0 Å². The predicted molar refractivity (Wildman–Crippen MR) is 70.8 cm³/mol. The first-order chi connectivity index (χ1) is 8.09. The van der Waals surface area contributed by atoms with Crippen LogP contribution in [0.1, 0.15) is 46.0 Å². The second kappa shape index (κ2) is 6.72. The molecule has 1 aliphatic rings. The number of aliphatic hydroxyl groups is 1. The third-order valence-corrected chi connectivity index (χ3v) is 4.56. The quantitative estimate of drug-likeness (QED) is 0.752. The standard InChI is InChI=1S/C14H29NO2/c1-4-12-6-5-7-14(8-12,10-15)13(16)11(2)9-17-3/h11-13,16H,4-10,15H2,1-3H3. The summed E-state index contributed by atoms with van der Waals surface area (Å²) in [5.41, 5.74) is 5.92. The monoisotopic (exact) mass is 243 g/mol. The van der Waals surface area contributed by atoms with Crippen molar-refractivity contribution in [3.05, 3.63) is 0 Å². The zero-order chi connectivity index (χ0) is 12.9. The molecule has 3 N–H and O–H groups in total. The molecule has 4 atom stereocenters. The van der Waals surface area contributed by atoms with Gasteiger partial charge in [-0.25, -0.2) is 0 Å². The Bertz CT molecular complexity index is 222. The van der Waals surface area contributed by atoms with E-state index in [9.17, 15) is 5.11 Å². The molecule has 1 aliphatic carbocycles. The van der Waals surface area contributed by atoms with E-state index < -0.39 is 0 Å². The van der Waals surface area contributed by atoms with Gasteiger partial charge in [0.25, 0.3) is 0 Å². The van der Waals surface area contributed by atoms with Crippen LogP contribution in [-0.4, -0.2) is 31.5 Å². The van der Waals surface area contributed by atoms with Crippen LogP contribution in [-0.2, 0) is 4.74 Å². The van der Waals surface area contributed by atoms with Gasteiger partial charge in [-0.2, -0.15) is 0 Å². The molecule has 3 nitrogen and oxygen atoms in total. The predicted octanol–water partition coefficient (Wildman–Crippen LogP) is 2.18. The van der Waals surface area contributed by atoms with Gasteiger partial charge < -0.3 is 15.6 Å². The maximum atomic E-state index is 10.6. The number of nitrogens with two attached hydrogens (primary N) is 1. The minimum absolute atomic E-state index is 0.0725. The fourth-order valence-electron chi connectivity index (χ4n) is 3.40. The average molecular weight is 243 g/mol. The van der Waals surface area contributed by atoms with E-state index in [4.69, 9.17) is 10.5 Å². The van der Waals surface area contributed by atoms with Gasteiger partial charge in [-0.05, 0) is 18.8 Å². The molecule has 0 aromatic rings. The van der Waals surface area contributed by atoms with Crippen molar-refractivity contribution in [3.8, 4) is 0 Å². The highest BCUT2D eigenvalue weighted by molar-refractivity contribution is 4.94. The molecule has 0 aromatic heterocycles. The number of rotatable bonds is 6. The topological polar surface area (TPSA) is 55.5 Å². The van der Waals surface area contributed by atoms with Gasteiger partial charge in [0.2, 0.25) is 0 Å². The van der Waals surface area contributed by atoms with Crippen molar-refractivity contribution in [2.45, 2.75) is 52.1 Å². The summed E-state index contributed by atoms with van der Waals surface area (Å²) in [6, 6.07) is 0. The van der Waals surface area contributed by atoms with Gasteiger partial charge in [0.1, 0.15) is 0 Å². The average Bonchev–Trinajstić information content (AvgIpc) is 2.38. The lowest BCUT2D eigenvalue weighted by Crippen LogP contribution is -2.48. The highest BCUT2D eigenvalue weighted by atomic mass is 16.5. The maximum absolute atomic E-state index is 10.6. The minimum Gasteiger partial charge on any atom is -0.392 e. The Hall–Kier alpha value is -0.120. The lowest BCUT2D eigenvalue weighted by molar-refractivity contribution is -0.0613. The maximum Gasteiger partial charge on any atom is 0.0656 e. The molecule has 3 heteroatoms.